The molecule has 0 aliphatic heterocycles. The van der Waals surface area contributed by atoms with Gasteiger partial charge in [-0.1, -0.05) is 48.5 Å². The summed E-state index contributed by atoms with van der Waals surface area (Å²) in [7, 11) is 0. The number of carbonyl (C=O) groups excluding carboxylic acids is 1. The van der Waals surface area contributed by atoms with Crippen LogP contribution in [-0.4, -0.2) is 23.5 Å². The average Bonchev–Trinajstić information content (AvgIpc) is 2.54. The van der Waals surface area contributed by atoms with E-state index in [2.05, 4.69) is 0 Å². The molecule has 1 atom stereocenters. The summed E-state index contributed by atoms with van der Waals surface area (Å²) >= 11 is 0. The summed E-state index contributed by atoms with van der Waals surface area (Å²) in [5, 5.41) is 0. The molecule has 2 aromatic carbocycles. The van der Waals surface area contributed by atoms with Gasteiger partial charge in [0.2, 0.25) is 0 Å². The van der Waals surface area contributed by atoms with E-state index >= 15 is 0 Å². The molecule has 1 amide bonds. The number of amides is 1. The third kappa shape index (κ3) is 4.35. The zero-order chi connectivity index (χ0) is 15.1. The Labute approximate surface area is 126 Å². The molecule has 0 bridgehead atoms. The molecule has 0 aromatic heterocycles. The molecular weight excluding hydrogens is 262 g/mol. The fourth-order valence-electron chi connectivity index (χ4n) is 2.16. The van der Waals surface area contributed by atoms with E-state index in [-0.39, 0.29) is 5.91 Å². The Morgan fingerprint density at radius 2 is 1.62 bits per heavy atom. The molecule has 0 N–H and O–H groups in total. The van der Waals surface area contributed by atoms with Gasteiger partial charge in [0.15, 0.2) is 6.10 Å². The first-order valence-corrected chi connectivity index (χ1v) is 7.25. The van der Waals surface area contributed by atoms with Gasteiger partial charge in [-0.25, -0.2) is 0 Å². The molecule has 21 heavy (non-hydrogen) atoms. The first kappa shape index (κ1) is 15.1. The maximum absolute atomic E-state index is 12.5. The lowest BCUT2D eigenvalue weighted by atomic mass is 10.2. The monoisotopic (exact) mass is 283 g/mol. The van der Waals surface area contributed by atoms with Crippen molar-refractivity contribution in [1.29, 1.82) is 0 Å². The zero-order valence-electron chi connectivity index (χ0n) is 12.5. The topological polar surface area (TPSA) is 29.5 Å². The summed E-state index contributed by atoms with van der Waals surface area (Å²) in [6, 6.07) is 19.4. The quantitative estimate of drug-likeness (QED) is 0.812. The lowest BCUT2D eigenvalue weighted by molar-refractivity contribution is -0.138. The van der Waals surface area contributed by atoms with E-state index in [0.29, 0.717) is 18.8 Å². The Kier molecular flexibility index (Phi) is 5.38. The predicted octanol–water partition coefficient (Wildman–Crippen LogP) is 3.50. The van der Waals surface area contributed by atoms with Crippen LogP contribution >= 0.6 is 0 Å². The lowest BCUT2D eigenvalue weighted by Crippen LogP contribution is -2.39. The predicted molar refractivity (Wildman–Crippen MR) is 84.1 cm³/mol. The normalized spacial score (nSPS) is 11.7. The van der Waals surface area contributed by atoms with Crippen molar-refractivity contribution < 1.29 is 9.53 Å². The zero-order valence-corrected chi connectivity index (χ0v) is 12.5. The van der Waals surface area contributed by atoms with E-state index in [1.165, 1.54) is 0 Å². The summed E-state index contributed by atoms with van der Waals surface area (Å²) < 4.78 is 5.71. The second-order valence-corrected chi connectivity index (χ2v) is 4.91. The van der Waals surface area contributed by atoms with Crippen LogP contribution in [0.5, 0.6) is 5.75 Å². The van der Waals surface area contributed by atoms with E-state index in [9.17, 15) is 4.79 Å². The van der Waals surface area contributed by atoms with E-state index < -0.39 is 6.10 Å². The number of rotatable bonds is 6. The molecule has 0 fully saturated rings. The fourth-order valence-corrected chi connectivity index (χ4v) is 2.16. The van der Waals surface area contributed by atoms with Crippen molar-refractivity contribution in [3.63, 3.8) is 0 Å². The van der Waals surface area contributed by atoms with Gasteiger partial charge in [0.05, 0.1) is 0 Å². The van der Waals surface area contributed by atoms with Crippen LogP contribution < -0.4 is 4.74 Å². The van der Waals surface area contributed by atoms with Crippen LogP contribution in [0.25, 0.3) is 0 Å². The highest BCUT2D eigenvalue weighted by molar-refractivity contribution is 5.80. The van der Waals surface area contributed by atoms with Gasteiger partial charge >= 0.3 is 0 Å². The Bertz CT molecular complexity index is 554. The summed E-state index contributed by atoms with van der Waals surface area (Å²) in [5.74, 6) is 0.722. The number of para-hydroxylation sites is 1. The van der Waals surface area contributed by atoms with Crippen molar-refractivity contribution in [1.82, 2.24) is 4.90 Å². The van der Waals surface area contributed by atoms with Crippen molar-refractivity contribution >= 4 is 5.91 Å². The molecule has 0 saturated carbocycles. The van der Waals surface area contributed by atoms with Crippen molar-refractivity contribution in [3.05, 3.63) is 66.2 Å². The van der Waals surface area contributed by atoms with E-state index in [1.54, 1.807) is 6.92 Å². The van der Waals surface area contributed by atoms with Gasteiger partial charge < -0.3 is 9.64 Å². The number of benzene rings is 2. The molecule has 3 nitrogen and oxygen atoms in total. The minimum Gasteiger partial charge on any atom is -0.481 e. The van der Waals surface area contributed by atoms with Gasteiger partial charge in [-0.05, 0) is 31.5 Å². The van der Waals surface area contributed by atoms with Crippen LogP contribution in [-0.2, 0) is 11.3 Å². The number of carbonyl (C=O) groups is 1. The molecule has 2 rings (SSSR count). The average molecular weight is 283 g/mol. The van der Waals surface area contributed by atoms with Crippen molar-refractivity contribution in [2.75, 3.05) is 6.54 Å². The van der Waals surface area contributed by atoms with Crippen molar-refractivity contribution in [2.45, 2.75) is 26.5 Å². The third-order valence-corrected chi connectivity index (χ3v) is 3.31. The summed E-state index contributed by atoms with van der Waals surface area (Å²) in [4.78, 5) is 14.3. The highest BCUT2D eigenvalue weighted by Gasteiger charge is 2.21. The minimum absolute atomic E-state index is 0.00482. The second kappa shape index (κ2) is 7.48. The largest absolute Gasteiger partial charge is 0.481 e. The van der Waals surface area contributed by atoms with Crippen LogP contribution in [0, 0.1) is 0 Å². The molecule has 0 unspecified atom stereocenters. The van der Waals surface area contributed by atoms with Crippen molar-refractivity contribution in [2.24, 2.45) is 0 Å². The SMILES string of the molecule is CCN(Cc1ccccc1)C(=O)[C@H](C)Oc1ccccc1. The maximum Gasteiger partial charge on any atom is 0.263 e. The maximum atomic E-state index is 12.5. The van der Waals surface area contributed by atoms with E-state index in [1.807, 2.05) is 72.5 Å². The van der Waals surface area contributed by atoms with Gasteiger partial charge in [-0.2, -0.15) is 0 Å². The molecule has 0 spiro atoms. The van der Waals surface area contributed by atoms with Gasteiger partial charge in [0.1, 0.15) is 5.75 Å². The smallest absolute Gasteiger partial charge is 0.263 e. The molecule has 0 aliphatic carbocycles. The third-order valence-electron chi connectivity index (χ3n) is 3.31. The summed E-state index contributed by atoms with van der Waals surface area (Å²) in [5.41, 5.74) is 1.12. The van der Waals surface area contributed by atoms with Crippen LogP contribution in [0.2, 0.25) is 0 Å². The van der Waals surface area contributed by atoms with E-state index in [4.69, 9.17) is 4.74 Å². The van der Waals surface area contributed by atoms with E-state index in [0.717, 1.165) is 5.56 Å². The minimum atomic E-state index is -0.490. The standard InChI is InChI=1S/C18H21NO2/c1-3-19(14-16-10-6-4-7-11-16)18(20)15(2)21-17-12-8-5-9-13-17/h4-13,15H,3,14H2,1-2H3/t15-/m0/s1. The molecule has 110 valence electrons. The molecule has 2 aromatic rings. The first-order valence-electron chi connectivity index (χ1n) is 7.25. The van der Waals surface area contributed by atoms with Crippen LogP contribution in [0.3, 0.4) is 0 Å². The van der Waals surface area contributed by atoms with Crippen LogP contribution in [0.1, 0.15) is 19.4 Å². The highest BCUT2D eigenvalue weighted by atomic mass is 16.5. The van der Waals surface area contributed by atoms with Crippen molar-refractivity contribution in [3.8, 4) is 5.75 Å². The molecular formula is C18H21NO2. The molecule has 0 radical (unpaired) electrons. The number of ether oxygens (including phenoxy) is 1. The van der Waals surface area contributed by atoms with Crippen LogP contribution in [0.4, 0.5) is 0 Å². The van der Waals surface area contributed by atoms with Gasteiger partial charge in [-0.15, -0.1) is 0 Å². The Morgan fingerprint density at radius 3 is 2.19 bits per heavy atom. The first-order chi connectivity index (χ1) is 10.2. The van der Waals surface area contributed by atoms with Gasteiger partial charge in [-0.3, -0.25) is 4.79 Å². The Balaban J connectivity index is 1.99. The molecule has 0 saturated heterocycles. The number of nitrogens with zero attached hydrogens (tertiary/aromatic N) is 1. The fraction of sp³-hybridized carbons (Fsp3) is 0.278. The number of hydrogen-bond acceptors (Lipinski definition) is 2. The number of likely N-dealkylation sites (N-methyl/N-ethyl adjacent to an activating group) is 1. The molecule has 0 aliphatic rings. The number of hydrogen-bond donors (Lipinski definition) is 0. The Hall–Kier alpha value is -2.29. The highest BCUT2D eigenvalue weighted by Crippen LogP contribution is 2.13. The second-order valence-electron chi connectivity index (χ2n) is 4.91. The molecule has 0 heterocycles. The summed E-state index contributed by atoms with van der Waals surface area (Å²) in [6.45, 7) is 5.05. The van der Waals surface area contributed by atoms with Gasteiger partial charge in [0.25, 0.3) is 5.91 Å². The summed E-state index contributed by atoms with van der Waals surface area (Å²) in [6.07, 6.45) is -0.490. The molecule has 3 heteroatoms. The lowest BCUT2D eigenvalue weighted by Gasteiger charge is -2.25. The van der Waals surface area contributed by atoms with Gasteiger partial charge in [0, 0.05) is 13.1 Å². The Morgan fingerprint density at radius 1 is 1.05 bits per heavy atom. The van der Waals surface area contributed by atoms with Crippen LogP contribution in [0.15, 0.2) is 60.7 Å².